The van der Waals surface area contributed by atoms with E-state index in [1.54, 1.807) is 18.2 Å². The van der Waals surface area contributed by atoms with Gasteiger partial charge in [0.05, 0.1) is 21.2 Å². The molecular formula is C23H17Cl3N4O5. The largest absolute Gasteiger partial charge is 0.481 e. The van der Waals surface area contributed by atoms with Crippen LogP contribution in [0, 0.1) is 17.0 Å². The molecule has 0 radical (unpaired) electrons. The van der Waals surface area contributed by atoms with Crippen LogP contribution in [-0.2, 0) is 4.79 Å². The molecule has 35 heavy (non-hydrogen) atoms. The van der Waals surface area contributed by atoms with Crippen molar-refractivity contribution in [2.75, 3.05) is 11.9 Å². The summed E-state index contributed by atoms with van der Waals surface area (Å²) in [6, 6.07) is 13.2. The summed E-state index contributed by atoms with van der Waals surface area (Å²) in [7, 11) is 0. The number of nitro groups is 1. The summed E-state index contributed by atoms with van der Waals surface area (Å²) >= 11 is 18.5. The molecular weight excluding hydrogens is 519 g/mol. The zero-order valence-electron chi connectivity index (χ0n) is 18.1. The molecule has 0 unspecified atom stereocenters. The quantitative estimate of drug-likeness (QED) is 0.219. The van der Waals surface area contributed by atoms with E-state index in [2.05, 4.69) is 15.8 Å². The Labute approximate surface area is 214 Å². The van der Waals surface area contributed by atoms with Crippen LogP contribution in [-0.4, -0.2) is 29.6 Å². The van der Waals surface area contributed by atoms with Crippen LogP contribution in [0.1, 0.15) is 21.5 Å². The Kier molecular flexibility index (Phi) is 8.64. The van der Waals surface area contributed by atoms with Gasteiger partial charge in [-0.25, -0.2) is 5.43 Å². The van der Waals surface area contributed by atoms with E-state index in [4.69, 9.17) is 39.5 Å². The molecule has 3 aromatic carbocycles. The normalized spacial score (nSPS) is 10.7. The Morgan fingerprint density at radius 1 is 1.03 bits per heavy atom. The Balaban J connectivity index is 1.57. The van der Waals surface area contributed by atoms with Crippen molar-refractivity contribution >= 4 is 64.2 Å². The molecule has 2 amide bonds. The number of hydrazone groups is 1. The lowest BCUT2D eigenvalue weighted by Gasteiger charge is -2.11. The van der Waals surface area contributed by atoms with Crippen molar-refractivity contribution in [3.8, 4) is 5.75 Å². The lowest BCUT2D eigenvalue weighted by Crippen LogP contribution is -2.20. The number of ether oxygens (including phenoxy) is 1. The SMILES string of the molecule is Cc1ccc(NC(=O)COc2c(Cl)cc(/C=N/NC(=O)c3ccc([N+](=O)[O-])cc3)cc2Cl)cc1Cl. The second-order valence-electron chi connectivity index (χ2n) is 7.12. The minimum atomic E-state index is -0.562. The smallest absolute Gasteiger partial charge is 0.271 e. The number of nitrogens with one attached hydrogen (secondary N) is 2. The van der Waals surface area contributed by atoms with Gasteiger partial charge >= 0.3 is 0 Å². The first kappa shape index (κ1) is 26.0. The minimum absolute atomic E-state index is 0.109. The number of halogens is 3. The number of nitrogens with zero attached hydrogens (tertiary/aromatic N) is 2. The molecule has 0 aliphatic heterocycles. The summed E-state index contributed by atoms with van der Waals surface area (Å²) in [5.41, 5.74) is 4.22. The third kappa shape index (κ3) is 7.16. The van der Waals surface area contributed by atoms with Gasteiger partial charge in [0.15, 0.2) is 12.4 Å². The fourth-order valence-electron chi connectivity index (χ4n) is 2.76. The van der Waals surface area contributed by atoms with E-state index in [-0.39, 0.29) is 33.7 Å². The first-order valence-electron chi connectivity index (χ1n) is 9.89. The third-order valence-electron chi connectivity index (χ3n) is 4.54. The van der Waals surface area contributed by atoms with Gasteiger partial charge < -0.3 is 10.1 Å². The second-order valence-corrected chi connectivity index (χ2v) is 8.34. The molecule has 0 bridgehead atoms. The van der Waals surface area contributed by atoms with Crippen LogP contribution >= 0.6 is 34.8 Å². The summed E-state index contributed by atoms with van der Waals surface area (Å²) < 4.78 is 5.47. The maximum Gasteiger partial charge on any atom is 0.271 e. The van der Waals surface area contributed by atoms with E-state index in [1.165, 1.54) is 42.6 Å². The number of nitro benzene ring substituents is 1. The number of rotatable bonds is 8. The summed E-state index contributed by atoms with van der Waals surface area (Å²) in [6.07, 6.45) is 1.30. The first-order chi connectivity index (χ1) is 16.6. The fraction of sp³-hybridized carbons (Fsp3) is 0.0870. The molecule has 0 aliphatic carbocycles. The van der Waals surface area contributed by atoms with Gasteiger partial charge in [-0.15, -0.1) is 0 Å². The predicted molar refractivity (Wildman–Crippen MR) is 135 cm³/mol. The summed E-state index contributed by atoms with van der Waals surface area (Å²) in [5.74, 6) is -0.886. The van der Waals surface area contributed by atoms with Crippen molar-refractivity contribution < 1.29 is 19.2 Å². The molecule has 180 valence electrons. The van der Waals surface area contributed by atoms with E-state index >= 15 is 0 Å². The average Bonchev–Trinajstić information content (AvgIpc) is 2.81. The van der Waals surface area contributed by atoms with Crippen LogP contribution in [0.3, 0.4) is 0 Å². The van der Waals surface area contributed by atoms with E-state index < -0.39 is 16.7 Å². The van der Waals surface area contributed by atoms with Crippen LogP contribution in [0.25, 0.3) is 0 Å². The molecule has 3 rings (SSSR count). The Hall–Kier alpha value is -3.66. The van der Waals surface area contributed by atoms with Gasteiger partial charge in [0.1, 0.15) is 0 Å². The maximum atomic E-state index is 12.2. The zero-order chi connectivity index (χ0) is 25.5. The summed E-state index contributed by atoms with van der Waals surface area (Å²) in [4.78, 5) is 34.4. The topological polar surface area (TPSA) is 123 Å². The van der Waals surface area contributed by atoms with Gasteiger partial charge in [-0.05, 0) is 54.4 Å². The van der Waals surface area contributed by atoms with Crippen LogP contribution < -0.4 is 15.5 Å². The molecule has 12 heteroatoms. The molecule has 2 N–H and O–H groups in total. The van der Waals surface area contributed by atoms with Crippen molar-refractivity contribution in [3.05, 3.63) is 96.5 Å². The highest BCUT2D eigenvalue weighted by Gasteiger charge is 2.13. The minimum Gasteiger partial charge on any atom is -0.481 e. The number of anilines is 1. The number of benzene rings is 3. The molecule has 0 fully saturated rings. The summed E-state index contributed by atoms with van der Waals surface area (Å²) in [5, 5.41) is 18.0. The van der Waals surface area contributed by atoms with Crippen molar-refractivity contribution in [3.63, 3.8) is 0 Å². The number of carbonyl (C=O) groups is 2. The van der Waals surface area contributed by atoms with Crippen LogP contribution in [0.2, 0.25) is 15.1 Å². The molecule has 0 saturated heterocycles. The number of aryl methyl sites for hydroxylation is 1. The average molecular weight is 536 g/mol. The number of hydrogen-bond acceptors (Lipinski definition) is 6. The van der Waals surface area contributed by atoms with E-state index in [1.807, 2.05) is 6.92 Å². The van der Waals surface area contributed by atoms with Gasteiger partial charge in [-0.1, -0.05) is 40.9 Å². The van der Waals surface area contributed by atoms with Gasteiger partial charge in [-0.2, -0.15) is 5.10 Å². The molecule has 0 atom stereocenters. The highest BCUT2D eigenvalue weighted by atomic mass is 35.5. The standard InChI is InChI=1S/C23H17Cl3N4O5/c1-13-2-5-16(10-18(13)24)28-21(31)12-35-22-19(25)8-14(9-20(22)26)11-27-29-23(32)15-3-6-17(7-4-15)30(33)34/h2-11H,12H2,1H3,(H,28,31)(H,29,32)/b27-11+. The zero-order valence-corrected chi connectivity index (χ0v) is 20.3. The third-order valence-corrected chi connectivity index (χ3v) is 5.51. The number of non-ortho nitro benzene ring substituents is 1. The van der Waals surface area contributed by atoms with E-state index in [9.17, 15) is 19.7 Å². The van der Waals surface area contributed by atoms with Crippen LogP contribution in [0.4, 0.5) is 11.4 Å². The number of amides is 2. The van der Waals surface area contributed by atoms with Crippen LogP contribution in [0.15, 0.2) is 59.7 Å². The van der Waals surface area contributed by atoms with E-state index in [0.29, 0.717) is 16.3 Å². The maximum absolute atomic E-state index is 12.2. The van der Waals surface area contributed by atoms with Gasteiger partial charge in [0.25, 0.3) is 17.5 Å². The highest BCUT2D eigenvalue weighted by molar-refractivity contribution is 6.37. The lowest BCUT2D eigenvalue weighted by atomic mass is 10.2. The van der Waals surface area contributed by atoms with E-state index in [0.717, 1.165) is 5.56 Å². The van der Waals surface area contributed by atoms with Crippen molar-refractivity contribution in [1.82, 2.24) is 5.43 Å². The van der Waals surface area contributed by atoms with Crippen molar-refractivity contribution in [2.24, 2.45) is 5.10 Å². The van der Waals surface area contributed by atoms with Gasteiger partial charge in [0, 0.05) is 28.4 Å². The first-order valence-corrected chi connectivity index (χ1v) is 11.0. The molecule has 0 aromatic heterocycles. The molecule has 3 aromatic rings. The molecule has 0 aliphatic rings. The Bertz CT molecular complexity index is 1290. The number of hydrogen-bond donors (Lipinski definition) is 2. The second kappa shape index (κ2) is 11.7. The van der Waals surface area contributed by atoms with Gasteiger partial charge in [0.2, 0.25) is 0 Å². The van der Waals surface area contributed by atoms with Crippen LogP contribution in [0.5, 0.6) is 5.75 Å². The van der Waals surface area contributed by atoms with Crippen molar-refractivity contribution in [2.45, 2.75) is 6.92 Å². The predicted octanol–water partition coefficient (Wildman–Crippen LogP) is 5.64. The Morgan fingerprint density at radius 2 is 1.69 bits per heavy atom. The Morgan fingerprint density at radius 3 is 2.29 bits per heavy atom. The summed E-state index contributed by atoms with van der Waals surface area (Å²) in [6.45, 7) is 1.51. The lowest BCUT2D eigenvalue weighted by molar-refractivity contribution is -0.384. The van der Waals surface area contributed by atoms with Gasteiger partial charge in [-0.3, -0.25) is 19.7 Å². The fourth-order valence-corrected chi connectivity index (χ4v) is 3.56. The molecule has 0 spiro atoms. The van der Waals surface area contributed by atoms with Crippen molar-refractivity contribution in [1.29, 1.82) is 0 Å². The number of carbonyl (C=O) groups excluding carboxylic acids is 2. The molecule has 0 heterocycles. The molecule has 9 nitrogen and oxygen atoms in total. The molecule has 0 saturated carbocycles. The monoisotopic (exact) mass is 534 g/mol. The highest BCUT2D eigenvalue weighted by Crippen LogP contribution is 2.34.